The summed E-state index contributed by atoms with van der Waals surface area (Å²) in [7, 11) is 0. The zero-order chi connectivity index (χ0) is 14.3. The number of anilines is 1. The Morgan fingerprint density at radius 2 is 2.25 bits per heavy atom. The van der Waals surface area contributed by atoms with Crippen molar-refractivity contribution in [2.75, 3.05) is 24.5 Å². The van der Waals surface area contributed by atoms with E-state index in [-0.39, 0.29) is 5.91 Å². The molecule has 4 nitrogen and oxygen atoms in total. The van der Waals surface area contributed by atoms with Crippen LogP contribution in [-0.2, 0) is 0 Å². The standard InChI is InChI=1S/C16H23N3O/c1-3-15-14-8-18-7-11(14)9-19(15)12-4-5-13(16(17)20)10(2)6-12/h4-6,11,14-15,18H,3,7-9H2,1-2H3,(H2,17,20). The third-order valence-corrected chi connectivity index (χ3v) is 4.94. The monoisotopic (exact) mass is 273 g/mol. The van der Waals surface area contributed by atoms with E-state index in [1.54, 1.807) is 0 Å². The lowest BCUT2D eigenvalue weighted by molar-refractivity contribution is 0.1000. The number of amides is 1. The van der Waals surface area contributed by atoms with Crippen molar-refractivity contribution in [2.45, 2.75) is 26.3 Å². The maximum absolute atomic E-state index is 11.3. The molecule has 20 heavy (non-hydrogen) atoms. The van der Waals surface area contributed by atoms with Crippen molar-refractivity contribution in [1.29, 1.82) is 0 Å². The first-order chi connectivity index (χ1) is 9.61. The van der Waals surface area contributed by atoms with E-state index in [2.05, 4.69) is 23.2 Å². The highest BCUT2D eigenvalue weighted by Crippen LogP contribution is 2.37. The molecule has 108 valence electrons. The summed E-state index contributed by atoms with van der Waals surface area (Å²) in [4.78, 5) is 13.9. The van der Waals surface area contributed by atoms with Gasteiger partial charge in [0.15, 0.2) is 0 Å². The van der Waals surface area contributed by atoms with Crippen molar-refractivity contribution in [3.63, 3.8) is 0 Å². The maximum atomic E-state index is 11.3. The Labute approximate surface area is 120 Å². The second-order valence-electron chi connectivity index (χ2n) is 6.07. The zero-order valence-electron chi connectivity index (χ0n) is 12.2. The van der Waals surface area contributed by atoms with Gasteiger partial charge in [-0.1, -0.05) is 6.92 Å². The Morgan fingerprint density at radius 3 is 2.90 bits per heavy atom. The number of carbonyl (C=O) groups is 1. The van der Waals surface area contributed by atoms with Gasteiger partial charge in [0, 0.05) is 36.9 Å². The van der Waals surface area contributed by atoms with Crippen LogP contribution in [-0.4, -0.2) is 31.6 Å². The van der Waals surface area contributed by atoms with Gasteiger partial charge in [-0.25, -0.2) is 0 Å². The average molecular weight is 273 g/mol. The molecule has 0 aromatic heterocycles. The fraction of sp³-hybridized carbons (Fsp3) is 0.562. The van der Waals surface area contributed by atoms with Crippen LogP contribution in [0, 0.1) is 18.8 Å². The number of fused-ring (bicyclic) bond motifs is 1. The molecule has 0 aliphatic carbocycles. The summed E-state index contributed by atoms with van der Waals surface area (Å²) in [6.45, 7) is 7.62. The predicted octanol–water partition coefficient (Wildman–Crippen LogP) is 1.53. The van der Waals surface area contributed by atoms with Crippen LogP contribution in [0.4, 0.5) is 5.69 Å². The number of carbonyl (C=O) groups excluding carboxylic acids is 1. The van der Waals surface area contributed by atoms with Crippen LogP contribution in [0.1, 0.15) is 29.3 Å². The molecule has 0 spiro atoms. The lowest BCUT2D eigenvalue weighted by Gasteiger charge is -2.29. The minimum Gasteiger partial charge on any atom is -0.368 e. The molecule has 2 aliphatic heterocycles. The van der Waals surface area contributed by atoms with Gasteiger partial charge >= 0.3 is 0 Å². The third kappa shape index (κ3) is 2.08. The summed E-state index contributed by atoms with van der Waals surface area (Å²) >= 11 is 0. The van der Waals surface area contributed by atoms with Crippen molar-refractivity contribution in [3.05, 3.63) is 29.3 Å². The van der Waals surface area contributed by atoms with Crippen LogP contribution in [0.5, 0.6) is 0 Å². The first-order valence-corrected chi connectivity index (χ1v) is 7.49. The van der Waals surface area contributed by atoms with Crippen LogP contribution in [0.15, 0.2) is 18.2 Å². The van der Waals surface area contributed by atoms with E-state index in [9.17, 15) is 4.79 Å². The maximum Gasteiger partial charge on any atom is 0.248 e. The molecule has 2 heterocycles. The molecule has 3 unspecified atom stereocenters. The van der Waals surface area contributed by atoms with E-state index in [1.165, 1.54) is 12.1 Å². The van der Waals surface area contributed by atoms with Gasteiger partial charge in [0.05, 0.1) is 0 Å². The van der Waals surface area contributed by atoms with Crippen LogP contribution >= 0.6 is 0 Å². The highest BCUT2D eigenvalue weighted by Gasteiger charge is 2.43. The molecule has 0 bridgehead atoms. The molecule has 3 atom stereocenters. The number of primary amides is 1. The van der Waals surface area contributed by atoms with Crippen LogP contribution in [0.25, 0.3) is 0 Å². The highest BCUT2D eigenvalue weighted by molar-refractivity contribution is 5.94. The summed E-state index contributed by atoms with van der Waals surface area (Å²) in [5.74, 6) is 1.18. The molecule has 0 radical (unpaired) electrons. The topological polar surface area (TPSA) is 58.4 Å². The minimum absolute atomic E-state index is 0.344. The summed E-state index contributed by atoms with van der Waals surface area (Å²) in [5.41, 5.74) is 8.22. The molecule has 1 aromatic rings. The molecule has 2 aliphatic rings. The Bertz CT molecular complexity index is 528. The molecule has 3 N–H and O–H groups in total. The molecular formula is C16H23N3O. The Balaban J connectivity index is 1.89. The zero-order valence-corrected chi connectivity index (χ0v) is 12.2. The summed E-state index contributed by atoms with van der Waals surface area (Å²) in [6.07, 6.45) is 1.17. The Kier molecular flexibility index (Phi) is 3.42. The van der Waals surface area contributed by atoms with Crippen LogP contribution in [0.3, 0.4) is 0 Å². The third-order valence-electron chi connectivity index (χ3n) is 4.94. The molecule has 2 saturated heterocycles. The van der Waals surface area contributed by atoms with Gasteiger partial charge in [-0.15, -0.1) is 0 Å². The lowest BCUT2D eigenvalue weighted by Crippen LogP contribution is -2.35. The lowest BCUT2D eigenvalue weighted by atomic mass is 9.93. The number of aryl methyl sites for hydroxylation is 1. The second kappa shape index (κ2) is 5.09. The van der Waals surface area contributed by atoms with E-state index >= 15 is 0 Å². The van der Waals surface area contributed by atoms with Gasteiger partial charge in [-0.3, -0.25) is 4.79 Å². The number of hydrogen-bond donors (Lipinski definition) is 2. The number of nitrogens with two attached hydrogens (primary N) is 1. The number of nitrogens with zero attached hydrogens (tertiary/aromatic N) is 1. The fourth-order valence-corrected chi connectivity index (χ4v) is 3.95. The quantitative estimate of drug-likeness (QED) is 0.878. The fourth-order valence-electron chi connectivity index (χ4n) is 3.95. The van der Waals surface area contributed by atoms with Crippen molar-refractivity contribution in [1.82, 2.24) is 5.32 Å². The van der Waals surface area contributed by atoms with Gasteiger partial charge < -0.3 is 16.0 Å². The van der Waals surface area contributed by atoms with Crippen molar-refractivity contribution in [2.24, 2.45) is 17.6 Å². The highest BCUT2D eigenvalue weighted by atomic mass is 16.1. The van der Waals surface area contributed by atoms with Crippen molar-refractivity contribution in [3.8, 4) is 0 Å². The second-order valence-corrected chi connectivity index (χ2v) is 6.07. The molecule has 2 fully saturated rings. The van der Waals surface area contributed by atoms with Gasteiger partial charge in [0.25, 0.3) is 0 Å². The first kappa shape index (κ1) is 13.4. The summed E-state index contributed by atoms with van der Waals surface area (Å²) in [6, 6.07) is 6.63. The van der Waals surface area contributed by atoms with E-state index in [1.807, 2.05) is 19.1 Å². The summed E-state index contributed by atoms with van der Waals surface area (Å²) < 4.78 is 0. The van der Waals surface area contributed by atoms with E-state index in [0.717, 1.165) is 37.0 Å². The average Bonchev–Trinajstić information content (AvgIpc) is 2.97. The molecule has 4 heteroatoms. The largest absolute Gasteiger partial charge is 0.368 e. The normalized spacial score (nSPS) is 28.7. The van der Waals surface area contributed by atoms with Gasteiger partial charge in [-0.05, 0) is 48.9 Å². The molecule has 0 saturated carbocycles. The van der Waals surface area contributed by atoms with E-state index in [4.69, 9.17) is 5.73 Å². The first-order valence-electron chi connectivity index (χ1n) is 7.49. The summed E-state index contributed by atoms with van der Waals surface area (Å²) in [5, 5.41) is 3.51. The van der Waals surface area contributed by atoms with Crippen molar-refractivity contribution >= 4 is 11.6 Å². The smallest absolute Gasteiger partial charge is 0.248 e. The Hall–Kier alpha value is -1.55. The van der Waals surface area contributed by atoms with Gasteiger partial charge in [0.1, 0.15) is 0 Å². The molecule has 1 aromatic carbocycles. The molecular weight excluding hydrogens is 250 g/mol. The molecule has 3 rings (SSSR count). The SMILES string of the molecule is CCC1C2CNCC2CN1c1ccc(C(N)=O)c(C)c1. The van der Waals surface area contributed by atoms with Crippen LogP contribution in [0.2, 0.25) is 0 Å². The van der Waals surface area contributed by atoms with Gasteiger partial charge in [0.2, 0.25) is 5.91 Å². The van der Waals surface area contributed by atoms with E-state index < -0.39 is 0 Å². The van der Waals surface area contributed by atoms with E-state index in [0.29, 0.717) is 11.6 Å². The van der Waals surface area contributed by atoms with Gasteiger partial charge in [-0.2, -0.15) is 0 Å². The predicted molar refractivity (Wildman–Crippen MR) is 81.0 cm³/mol. The number of rotatable bonds is 3. The van der Waals surface area contributed by atoms with Crippen molar-refractivity contribution < 1.29 is 4.79 Å². The minimum atomic E-state index is -0.344. The number of benzene rings is 1. The van der Waals surface area contributed by atoms with Crippen LogP contribution < -0.4 is 16.0 Å². The Morgan fingerprint density at radius 1 is 1.45 bits per heavy atom. The number of hydrogen-bond acceptors (Lipinski definition) is 3. The molecule has 1 amide bonds. The number of nitrogens with one attached hydrogen (secondary N) is 1.